The summed E-state index contributed by atoms with van der Waals surface area (Å²) >= 11 is 0. The van der Waals surface area contributed by atoms with Crippen LogP contribution in [0.2, 0.25) is 0 Å². The molecule has 0 aromatic carbocycles. The van der Waals surface area contributed by atoms with Gasteiger partial charge in [-0.05, 0) is 43.4 Å². The summed E-state index contributed by atoms with van der Waals surface area (Å²) in [7, 11) is 1.22. The fraction of sp³-hybridized carbons (Fsp3) is 0.783. The fourth-order valence-corrected chi connectivity index (χ4v) is 4.72. The third-order valence-electron chi connectivity index (χ3n) is 6.84. The highest BCUT2D eigenvalue weighted by molar-refractivity contribution is 6.38. The highest BCUT2D eigenvalue weighted by Gasteiger charge is 2.53. The predicted octanol–water partition coefficient (Wildman–Crippen LogP) is 1.68. The summed E-state index contributed by atoms with van der Waals surface area (Å²) in [6.07, 6.45) is 0.236. The van der Waals surface area contributed by atoms with E-state index in [0.29, 0.717) is 13.3 Å². The maximum absolute atomic E-state index is 13.5. The van der Waals surface area contributed by atoms with Crippen LogP contribution in [-0.4, -0.2) is 77.2 Å². The number of likely N-dealkylation sites (N-methyl/N-ethyl adjacent to an activating group) is 1. The maximum Gasteiger partial charge on any atom is 0.405 e. The molecule has 0 aromatic heterocycles. The molecule has 1 spiro atoms. The van der Waals surface area contributed by atoms with Crippen molar-refractivity contribution >= 4 is 29.6 Å². The molecule has 4 amide bonds. The van der Waals surface area contributed by atoms with Crippen LogP contribution in [0, 0.1) is 10.8 Å². The van der Waals surface area contributed by atoms with Gasteiger partial charge in [-0.1, -0.05) is 27.2 Å². The van der Waals surface area contributed by atoms with Gasteiger partial charge in [0.1, 0.15) is 12.1 Å². The highest BCUT2D eigenvalue weighted by Crippen LogP contribution is 2.50. The first kappa shape index (κ1) is 28.4. The molecule has 1 heterocycles. The standard InChI is InChI=1S/C23H36F2N4O6/c1-21(2,3)16(28-20(34)35)19(33)29-12-23(8-6-9-23)11-14(29)17(31)27-13(7-10-22(4,24)25)15(30)18(32)26-5/h13-14,16,28H,6-12H2,1-5H3,(H,26,32)(H,27,31)(H,34,35)/t13-,14+,16+/m0/s1. The summed E-state index contributed by atoms with van der Waals surface area (Å²) in [5, 5.41) is 16.1. The van der Waals surface area contributed by atoms with Gasteiger partial charge < -0.3 is 26.0 Å². The van der Waals surface area contributed by atoms with Crippen LogP contribution in [0.1, 0.15) is 66.2 Å². The van der Waals surface area contributed by atoms with Gasteiger partial charge in [0, 0.05) is 20.0 Å². The lowest BCUT2D eigenvalue weighted by molar-refractivity contribution is -0.144. The number of hydrogen-bond donors (Lipinski definition) is 4. The molecule has 1 aliphatic heterocycles. The first-order valence-electron chi connectivity index (χ1n) is 11.7. The molecule has 2 aliphatic rings. The van der Waals surface area contributed by atoms with Gasteiger partial charge in [-0.25, -0.2) is 13.6 Å². The molecule has 4 N–H and O–H groups in total. The summed E-state index contributed by atoms with van der Waals surface area (Å²) in [6, 6.07) is -3.64. The average molecular weight is 503 g/mol. The molecule has 1 saturated heterocycles. The van der Waals surface area contributed by atoms with Crippen molar-refractivity contribution in [2.75, 3.05) is 13.6 Å². The zero-order valence-electron chi connectivity index (χ0n) is 20.9. The van der Waals surface area contributed by atoms with E-state index in [-0.39, 0.29) is 12.0 Å². The molecule has 2 fully saturated rings. The Morgan fingerprint density at radius 3 is 2.11 bits per heavy atom. The van der Waals surface area contributed by atoms with Gasteiger partial charge in [-0.15, -0.1) is 0 Å². The average Bonchev–Trinajstić information content (AvgIpc) is 3.13. The second-order valence-corrected chi connectivity index (χ2v) is 10.9. The van der Waals surface area contributed by atoms with Crippen LogP contribution in [0.25, 0.3) is 0 Å². The van der Waals surface area contributed by atoms with Crippen molar-refractivity contribution in [1.29, 1.82) is 0 Å². The molecule has 12 heteroatoms. The van der Waals surface area contributed by atoms with Crippen LogP contribution in [-0.2, 0) is 19.2 Å². The minimum atomic E-state index is -3.11. The van der Waals surface area contributed by atoms with Crippen molar-refractivity contribution in [3.05, 3.63) is 0 Å². The number of halogens is 2. The zero-order chi connectivity index (χ0) is 26.8. The van der Waals surface area contributed by atoms with Gasteiger partial charge in [-0.2, -0.15) is 0 Å². The number of carbonyl (C=O) groups excluding carboxylic acids is 4. The predicted molar refractivity (Wildman–Crippen MR) is 122 cm³/mol. The third-order valence-corrected chi connectivity index (χ3v) is 6.84. The number of Topliss-reactive ketones (excluding diaryl/α,β-unsaturated/α-hetero) is 1. The van der Waals surface area contributed by atoms with Crippen molar-refractivity contribution in [3.8, 4) is 0 Å². The summed E-state index contributed by atoms with van der Waals surface area (Å²) in [4.78, 5) is 63.9. The number of alkyl halides is 2. The molecule has 1 saturated carbocycles. The number of hydrogen-bond acceptors (Lipinski definition) is 5. The minimum Gasteiger partial charge on any atom is -0.465 e. The van der Waals surface area contributed by atoms with Crippen LogP contribution in [0.3, 0.4) is 0 Å². The smallest absolute Gasteiger partial charge is 0.405 e. The van der Waals surface area contributed by atoms with Gasteiger partial charge >= 0.3 is 6.09 Å². The topological polar surface area (TPSA) is 145 Å². The van der Waals surface area contributed by atoms with Gasteiger partial charge in [0.2, 0.25) is 23.5 Å². The monoisotopic (exact) mass is 502 g/mol. The normalized spacial score (nSPS) is 21.0. The Kier molecular flexibility index (Phi) is 8.49. The lowest BCUT2D eigenvalue weighted by Gasteiger charge is -2.39. The number of carboxylic acid groups (broad SMARTS) is 1. The quantitative estimate of drug-likeness (QED) is 0.353. The highest BCUT2D eigenvalue weighted by atomic mass is 19.3. The van der Waals surface area contributed by atoms with Crippen molar-refractivity contribution in [2.24, 2.45) is 10.8 Å². The molecule has 1 aliphatic carbocycles. The van der Waals surface area contributed by atoms with E-state index in [4.69, 9.17) is 0 Å². The van der Waals surface area contributed by atoms with E-state index < -0.39 is 71.9 Å². The number of nitrogens with one attached hydrogen (secondary N) is 3. The van der Waals surface area contributed by atoms with E-state index in [0.717, 1.165) is 19.3 Å². The van der Waals surface area contributed by atoms with E-state index in [9.17, 15) is 37.9 Å². The van der Waals surface area contributed by atoms with Gasteiger partial charge in [0.05, 0.1) is 6.04 Å². The van der Waals surface area contributed by atoms with E-state index in [1.54, 1.807) is 20.8 Å². The fourth-order valence-electron chi connectivity index (χ4n) is 4.72. The van der Waals surface area contributed by atoms with E-state index in [1.807, 2.05) is 0 Å². The van der Waals surface area contributed by atoms with Crippen LogP contribution in [0.15, 0.2) is 0 Å². The van der Waals surface area contributed by atoms with Gasteiger partial charge in [0.15, 0.2) is 0 Å². The van der Waals surface area contributed by atoms with Gasteiger partial charge in [0.25, 0.3) is 5.91 Å². The van der Waals surface area contributed by atoms with Crippen LogP contribution >= 0.6 is 0 Å². The van der Waals surface area contributed by atoms with Crippen molar-refractivity contribution in [1.82, 2.24) is 20.9 Å². The molecular formula is C23H36F2N4O6. The lowest BCUT2D eigenvalue weighted by Crippen LogP contribution is -2.59. The molecule has 2 rings (SSSR count). The lowest BCUT2D eigenvalue weighted by atomic mass is 9.67. The SMILES string of the molecule is CNC(=O)C(=O)[C@H](CCC(C)(F)F)NC(=O)[C@H]1CC2(CCC2)CN1C(=O)[C@@H](NC(=O)O)C(C)(C)C. The molecule has 198 valence electrons. The first-order valence-corrected chi connectivity index (χ1v) is 11.7. The Hall–Kier alpha value is -2.79. The molecule has 0 aromatic rings. The Morgan fingerprint density at radius 2 is 1.69 bits per heavy atom. The molecule has 35 heavy (non-hydrogen) atoms. The number of amides is 4. The molecular weight excluding hydrogens is 466 g/mol. The summed E-state index contributed by atoms with van der Waals surface area (Å²) < 4.78 is 26.9. The van der Waals surface area contributed by atoms with E-state index >= 15 is 0 Å². The molecule has 10 nitrogen and oxygen atoms in total. The van der Waals surface area contributed by atoms with Crippen molar-refractivity contribution in [2.45, 2.75) is 90.3 Å². The van der Waals surface area contributed by atoms with Crippen LogP contribution in [0.4, 0.5) is 13.6 Å². The van der Waals surface area contributed by atoms with Gasteiger partial charge in [-0.3, -0.25) is 19.2 Å². The van der Waals surface area contributed by atoms with Crippen molar-refractivity contribution < 1.29 is 37.9 Å². The molecule has 3 atom stereocenters. The number of carbonyl (C=O) groups is 5. The molecule has 0 unspecified atom stereocenters. The van der Waals surface area contributed by atoms with Crippen molar-refractivity contribution in [3.63, 3.8) is 0 Å². The largest absolute Gasteiger partial charge is 0.465 e. The minimum absolute atomic E-state index is 0.249. The van der Waals surface area contributed by atoms with Crippen LogP contribution in [0.5, 0.6) is 0 Å². The Labute approximate surface area is 203 Å². The number of ketones is 1. The number of likely N-dealkylation sites (tertiary alicyclic amines) is 1. The Balaban J connectivity index is 2.31. The van der Waals surface area contributed by atoms with E-state index in [2.05, 4.69) is 16.0 Å². The zero-order valence-corrected chi connectivity index (χ0v) is 20.9. The first-order chi connectivity index (χ1) is 16.0. The maximum atomic E-state index is 13.5. The second-order valence-electron chi connectivity index (χ2n) is 10.9. The number of nitrogens with zero attached hydrogens (tertiary/aromatic N) is 1. The second kappa shape index (κ2) is 10.4. The Bertz CT molecular complexity index is 863. The molecule has 0 bridgehead atoms. The molecule has 0 radical (unpaired) electrons. The number of rotatable bonds is 9. The summed E-state index contributed by atoms with van der Waals surface area (Å²) in [6.45, 7) is 6.01. The Morgan fingerprint density at radius 1 is 1.09 bits per heavy atom. The van der Waals surface area contributed by atoms with Crippen LogP contribution < -0.4 is 16.0 Å². The van der Waals surface area contributed by atoms with E-state index in [1.165, 1.54) is 11.9 Å². The summed E-state index contributed by atoms with van der Waals surface area (Å²) in [5.74, 6) is -6.49. The third kappa shape index (κ3) is 7.11. The summed E-state index contributed by atoms with van der Waals surface area (Å²) in [5.41, 5.74) is -1.09.